The number of benzene rings is 1. The van der Waals surface area contributed by atoms with Crippen molar-refractivity contribution in [3.05, 3.63) is 29.5 Å². The van der Waals surface area contributed by atoms with Crippen molar-refractivity contribution < 1.29 is 19.4 Å². The van der Waals surface area contributed by atoms with E-state index in [2.05, 4.69) is 6.92 Å². The summed E-state index contributed by atoms with van der Waals surface area (Å²) >= 11 is 0. The van der Waals surface area contributed by atoms with E-state index in [1.165, 1.54) is 4.57 Å². The summed E-state index contributed by atoms with van der Waals surface area (Å²) in [5.74, 6) is 0.644. The molecule has 0 amide bonds. The highest BCUT2D eigenvalue weighted by Crippen LogP contribution is 2.33. The minimum Gasteiger partial charge on any atom is -0.496 e. The molecular weight excluding hydrogens is 294 g/mol. The molecule has 1 aromatic carbocycles. The normalized spacial score (nSPS) is 11.7. The second-order valence-electron chi connectivity index (χ2n) is 6.55. The molecule has 0 radical (unpaired) electrons. The number of nitrogens with zero attached hydrogens (tertiary/aromatic N) is 1. The van der Waals surface area contributed by atoms with E-state index in [0.717, 1.165) is 29.3 Å². The fourth-order valence-corrected chi connectivity index (χ4v) is 2.72. The van der Waals surface area contributed by atoms with Gasteiger partial charge in [0.25, 0.3) is 0 Å². The number of hydrogen-bond donors (Lipinski definition) is 1. The lowest BCUT2D eigenvalue weighted by atomic mass is 10.0. The van der Waals surface area contributed by atoms with Crippen molar-refractivity contribution in [2.75, 3.05) is 7.11 Å². The zero-order chi connectivity index (χ0) is 17.2. The van der Waals surface area contributed by atoms with Crippen LogP contribution in [0.5, 0.6) is 5.75 Å². The Hall–Kier alpha value is -2.01. The van der Waals surface area contributed by atoms with Gasteiger partial charge in [0.1, 0.15) is 11.4 Å². The predicted molar refractivity (Wildman–Crippen MR) is 90.0 cm³/mol. The van der Waals surface area contributed by atoms with Crippen LogP contribution in [0.1, 0.15) is 45.2 Å². The summed E-state index contributed by atoms with van der Waals surface area (Å²) in [7, 11) is 1.58. The summed E-state index contributed by atoms with van der Waals surface area (Å²) in [6.07, 6.45) is 3.02. The van der Waals surface area contributed by atoms with Crippen molar-refractivity contribution in [3.8, 4) is 5.75 Å². The van der Waals surface area contributed by atoms with E-state index in [4.69, 9.17) is 9.47 Å². The highest BCUT2D eigenvalue weighted by Gasteiger charge is 2.22. The molecule has 1 aromatic heterocycles. The van der Waals surface area contributed by atoms with Gasteiger partial charge in [-0.2, -0.15) is 0 Å². The number of rotatable bonds is 4. The molecule has 0 saturated carbocycles. The van der Waals surface area contributed by atoms with E-state index in [1.807, 2.05) is 32.9 Å². The Labute approximate surface area is 136 Å². The topological polar surface area (TPSA) is 60.7 Å². The Kier molecular flexibility index (Phi) is 5.00. The van der Waals surface area contributed by atoms with Gasteiger partial charge in [-0.25, -0.2) is 4.79 Å². The molecule has 0 fully saturated rings. The van der Waals surface area contributed by atoms with Crippen molar-refractivity contribution in [1.29, 1.82) is 0 Å². The average Bonchev–Trinajstić information content (AvgIpc) is 2.90. The average molecular weight is 319 g/mol. The number of aryl methyl sites for hydroxylation is 1. The second kappa shape index (κ2) is 6.62. The molecule has 1 N–H and O–H groups in total. The SMILES string of the molecule is CCCc1cc(OC)c(CO)c2ccn(C(=O)OC(C)(C)C)c12. The lowest BCUT2D eigenvalue weighted by Gasteiger charge is -2.20. The molecule has 23 heavy (non-hydrogen) atoms. The van der Waals surface area contributed by atoms with Crippen LogP contribution < -0.4 is 4.74 Å². The fourth-order valence-electron chi connectivity index (χ4n) is 2.72. The van der Waals surface area contributed by atoms with Gasteiger partial charge in [-0.15, -0.1) is 0 Å². The Morgan fingerprint density at radius 3 is 2.57 bits per heavy atom. The van der Waals surface area contributed by atoms with E-state index in [-0.39, 0.29) is 6.61 Å². The molecule has 0 aliphatic carbocycles. The van der Waals surface area contributed by atoms with Crippen LogP contribution in [0.15, 0.2) is 18.3 Å². The maximum Gasteiger partial charge on any atom is 0.419 e. The summed E-state index contributed by atoms with van der Waals surface area (Å²) < 4.78 is 12.4. The fraction of sp³-hybridized carbons (Fsp3) is 0.500. The van der Waals surface area contributed by atoms with Gasteiger partial charge in [-0.1, -0.05) is 13.3 Å². The van der Waals surface area contributed by atoms with E-state index in [1.54, 1.807) is 13.3 Å². The monoisotopic (exact) mass is 319 g/mol. The van der Waals surface area contributed by atoms with Gasteiger partial charge < -0.3 is 14.6 Å². The third-order valence-electron chi connectivity index (χ3n) is 3.61. The zero-order valence-corrected chi connectivity index (χ0v) is 14.5. The number of aliphatic hydroxyl groups is 1. The first-order valence-corrected chi connectivity index (χ1v) is 7.86. The molecule has 2 rings (SSSR count). The largest absolute Gasteiger partial charge is 0.496 e. The molecule has 0 aliphatic heterocycles. The minimum atomic E-state index is -0.565. The highest BCUT2D eigenvalue weighted by molar-refractivity contribution is 5.95. The van der Waals surface area contributed by atoms with Crippen molar-refractivity contribution in [2.24, 2.45) is 0 Å². The van der Waals surface area contributed by atoms with Gasteiger partial charge in [0.15, 0.2) is 0 Å². The van der Waals surface area contributed by atoms with Gasteiger partial charge >= 0.3 is 6.09 Å². The number of carbonyl (C=O) groups excluding carboxylic acids is 1. The Balaban J connectivity index is 2.66. The van der Waals surface area contributed by atoms with Crippen LogP contribution in [0, 0.1) is 0 Å². The molecule has 0 saturated heterocycles. The van der Waals surface area contributed by atoms with E-state index in [0.29, 0.717) is 11.3 Å². The molecule has 5 nitrogen and oxygen atoms in total. The van der Waals surface area contributed by atoms with Crippen molar-refractivity contribution in [3.63, 3.8) is 0 Å². The van der Waals surface area contributed by atoms with Gasteiger partial charge in [0.05, 0.1) is 19.2 Å². The molecule has 0 aliphatic rings. The van der Waals surface area contributed by atoms with Crippen LogP contribution >= 0.6 is 0 Å². The van der Waals surface area contributed by atoms with Crippen molar-refractivity contribution in [2.45, 2.75) is 52.7 Å². The van der Waals surface area contributed by atoms with Crippen LogP contribution in [0.2, 0.25) is 0 Å². The maximum atomic E-state index is 12.5. The molecule has 1 heterocycles. The third kappa shape index (κ3) is 3.50. The number of carbonyl (C=O) groups is 1. The smallest absolute Gasteiger partial charge is 0.419 e. The maximum absolute atomic E-state index is 12.5. The van der Waals surface area contributed by atoms with Crippen LogP contribution in [0.25, 0.3) is 10.9 Å². The second-order valence-corrected chi connectivity index (χ2v) is 6.55. The highest BCUT2D eigenvalue weighted by atomic mass is 16.6. The molecule has 0 spiro atoms. The predicted octanol–water partition coefficient (Wildman–Crippen LogP) is 3.88. The quantitative estimate of drug-likeness (QED) is 0.929. The van der Waals surface area contributed by atoms with Crippen LogP contribution in [-0.2, 0) is 17.8 Å². The van der Waals surface area contributed by atoms with Gasteiger partial charge in [0, 0.05) is 17.1 Å². The first-order chi connectivity index (χ1) is 10.8. The van der Waals surface area contributed by atoms with Crippen molar-refractivity contribution >= 4 is 17.0 Å². The lowest BCUT2D eigenvalue weighted by Crippen LogP contribution is -2.27. The standard InChI is InChI=1S/C18H25NO4/c1-6-7-12-10-15(22-5)14(11-20)13-8-9-19(16(12)13)17(21)23-18(2,3)4/h8-10,20H,6-7,11H2,1-5H3. The van der Waals surface area contributed by atoms with Crippen LogP contribution in [-0.4, -0.2) is 28.5 Å². The van der Waals surface area contributed by atoms with Crippen LogP contribution in [0.3, 0.4) is 0 Å². The molecule has 2 aromatic rings. The number of fused-ring (bicyclic) bond motifs is 1. The third-order valence-corrected chi connectivity index (χ3v) is 3.61. The molecule has 126 valence electrons. The number of ether oxygens (including phenoxy) is 2. The summed E-state index contributed by atoms with van der Waals surface area (Å²) in [4.78, 5) is 12.5. The summed E-state index contributed by atoms with van der Waals surface area (Å²) in [6, 6.07) is 3.73. The molecule has 5 heteroatoms. The minimum absolute atomic E-state index is 0.148. The zero-order valence-electron chi connectivity index (χ0n) is 14.5. The Morgan fingerprint density at radius 1 is 1.35 bits per heavy atom. The number of aromatic nitrogens is 1. The summed E-state index contributed by atoms with van der Waals surface area (Å²) in [5.41, 5.74) is 1.91. The first kappa shape index (κ1) is 17.3. The van der Waals surface area contributed by atoms with Crippen molar-refractivity contribution in [1.82, 2.24) is 4.57 Å². The first-order valence-electron chi connectivity index (χ1n) is 7.86. The molecule has 0 bridgehead atoms. The number of hydrogen-bond acceptors (Lipinski definition) is 4. The molecule has 0 atom stereocenters. The molecule has 0 unspecified atom stereocenters. The Bertz CT molecular complexity index is 710. The van der Waals surface area contributed by atoms with E-state index < -0.39 is 11.7 Å². The number of methoxy groups -OCH3 is 1. The van der Waals surface area contributed by atoms with Crippen LogP contribution in [0.4, 0.5) is 4.79 Å². The van der Waals surface area contributed by atoms with E-state index in [9.17, 15) is 9.90 Å². The number of aliphatic hydroxyl groups excluding tert-OH is 1. The molecular formula is C18H25NO4. The van der Waals surface area contributed by atoms with Gasteiger partial charge in [-0.3, -0.25) is 4.57 Å². The lowest BCUT2D eigenvalue weighted by molar-refractivity contribution is 0.0544. The van der Waals surface area contributed by atoms with Gasteiger partial charge in [0.2, 0.25) is 0 Å². The Morgan fingerprint density at radius 2 is 2.04 bits per heavy atom. The summed E-state index contributed by atoms with van der Waals surface area (Å²) in [6.45, 7) is 7.45. The summed E-state index contributed by atoms with van der Waals surface area (Å²) in [5, 5.41) is 10.5. The van der Waals surface area contributed by atoms with Gasteiger partial charge in [-0.05, 0) is 44.9 Å². The van der Waals surface area contributed by atoms with E-state index >= 15 is 0 Å².